The lowest BCUT2D eigenvalue weighted by molar-refractivity contribution is -0.116. The highest BCUT2D eigenvalue weighted by atomic mass is 35.5. The smallest absolute Gasteiger partial charge is 0.165 e. The van der Waals surface area contributed by atoms with Gasteiger partial charge in [0, 0.05) is 17.3 Å². The number of allylic oxidation sites excluding steroid dienone is 1. The molecule has 0 unspecified atom stereocenters. The molecule has 2 aromatic rings. The van der Waals surface area contributed by atoms with Crippen molar-refractivity contribution in [3.8, 4) is 0 Å². The Hall–Kier alpha value is -2.06. The minimum atomic E-state index is -0.244. The van der Waals surface area contributed by atoms with Crippen LogP contribution in [0.5, 0.6) is 0 Å². The number of halogens is 1. The van der Waals surface area contributed by atoms with Gasteiger partial charge in [0.15, 0.2) is 5.78 Å². The minimum Gasteiger partial charge on any atom is -0.361 e. The standard InChI is InChI=1S/C20H18ClNO/c21-16-7-9-17(10-8-16)22-14-4-12-20(22)13-11-18(23)19(20)15-5-2-1-3-6-15/h1-3,5-11,13,19H,4,12,14H2/t19-,20-/m0/s1. The van der Waals surface area contributed by atoms with E-state index in [1.807, 2.05) is 42.5 Å². The molecule has 1 heterocycles. The van der Waals surface area contributed by atoms with Crippen molar-refractivity contribution in [1.82, 2.24) is 0 Å². The number of nitrogens with zero attached hydrogens (tertiary/aromatic N) is 1. The lowest BCUT2D eigenvalue weighted by atomic mass is 9.79. The summed E-state index contributed by atoms with van der Waals surface area (Å²) >= 11 is 6.03. The van der Waals surface area contributed by atoms with Crippen LogP contribution >= 0.6 is 11.6 Å². The summed E-state index contributed by atoms with van der Waals surface area (Å²) in [5.74, 6) is 0.0824. The average molecular weight is 324 g/mol. The number of carbonyl (C=O) groups is 1. The van der Waals surface area contributed by atoms with Gasteiger partial charge in [-0.15, -0.1) is 0 Å². The lowest BCUT2D eigenvalue weighted by Gasteiger charge is -2.40. The Bertz CT molecular complexity index is 753. The van der Waals surface area contributed by atoms with Crippen molar-refractivity contribution in [2.75, 3.05) is 11.4 Å². The summed E-state index contributed by atoms with van der Waals surface area (Å²) in [6, 6.07) is 18.1. The fourth-order valence-corrected chi connectivity index (χ4v) is 4.22. The summed E-state index contributed by atoms with van der Waals surface area (Å²) < 4.78 is 0. The second-order valence-corrected chi connectivity index (χ2v) is 6.74. The molecule has 0 bridgehead atoms. The lowest BCUT2D eigenvalue weighted by Crippen LogP contribution is -2.47. The van der Waals surface area contributed by atoms with Crippen LogP contribution in [0.3, 0.4) is 0 Å². The van der Waals surface area contributed by atoms with Gasteiger partial charge in [0.25, 0.3) is 0 Å². The van der Waals surface area contributed by atoms with Crippen molar-refractivity contribution < 1.29 is 4.79 Å². The molecule has 0 amide bonds. The first kappa shape index (κ1) is 14.5. The maximum Gasteiger partial charge on any atom is 0.165 e. The third-order valence-corrected chi connectivity index (χ3v) is 5.31. The predicted molar refractivity (Wildman–Crippen MR) is 94.1 cm³/mol. The molecule has 0 aromatic heterocycles. The van der Waals surface area contributed by atoms with Gasteiger partial charge in [0.05, 0.1) is 11.5 Å². The largest absolute Gasteiger partial charge is 0.361 e. The maximum absolute atomic E-state index is 12.6. The molecule has 2 aliphatic rings. The Morgan fingerprint density at radius 2 is 1.78 bits per heavy atom. The van der Waals surface area contributed by atoms with Gasteiger partial charge in [-0.25, -0.2) is 0 Å². The van der Waals surface area contributed by atoms with Crippen molar-refractivity contribution in [2.24, 2.45) is 0 Å². The van der Waals surface area contributed by atoms with Gasteiger partial charge < -0.3 is 4.90 Å². The fraction of sp³-hybridized carbons (Fsp3) is 0.250. The van der Waals surface area contributed by atoms with E-state index in [9.17, 15) is 4.79 Å². The first-order chi connectivity index (χ1) is 11.2. The molecule has 116 valence electrons. The van der Waals surface area contributed by atoms with Crippen LogP contribution in [0, 0.1) is 0 Å². The van der Waals surface area contributed by atoms with E-state index >= 15 is 0 Å². The summed E-state index contributed by atoms with van der Waals surface area (Å²) in [7, 11) is 0. The molecule has 1 aliphatic heterocycles. The molecule has 2 nitrogen and oxygen atoms in total. The molecule has 1 fully saturated rings. The highest BCUT2D eigenvalue weighted by Gasteiger charge is 2.51. The highest BCUT2D eigenvalue weighted by Crippen LogP contribution is 2.48. The van der Waals surface area contributed by atoms with Crippen LogP contribution in [0.1, 0.15) is 24.3 Å². The van der Waals surface area contributed by atoms with E-state index in [0.717, 1.165) is 35.7 Å². The fourth-order valence-electron chi connectivity index (χ4n) is 4.09. The summed E-state index contributed by atoms with van der Waals surface area (Å²) in [4.78, 5) is 15.0. The first-order valence-corrected chi connectivity index (χ1v) is 8.40. The molecule has 1 saturated heterocycles. The van der Waals surface area contributed by atoms with Crippen molar-refractivity contribution >= 4 is 23.1 Å². The van der Waals surface area contributed by atoms with E-state index < -0.39 is 0 Å². The van der Waals surface area contributed by atoms with Gasteiger partial charge >= 0.3 is 0 Å². The van der Waals surface area contributed by atoms with Gasteiger partial charge in [-0.2, -0.15) is 0 Å². The first-order valence-electron chi connectivity index (χ1n) is 8.02. The normalized spacial score (nSPS) is 26.4. The number of benzene rings is 2. The molecule has 2 aromatic carbocycles. The summed E-state index contributed by atoms with van der Waals surface area (Å²) in [6.45, 7) is 0.961. The molecule has 1 aliphatic carbocycles. The monoisotopic (exact) mass is 323 g/mol. The van der Waals surface area contributed by atoms with Crippen molar-refractivity contribution in [3.63, 3.8) is 0 Å². The molecular formula is C20H18ClNO. The van der Waals surface area contributed by atoms with Gasteiger partial charge in [0.1, 0.15) is 0 Å². The zero-order valence-corrected chi connectivity index (χ0v) is 13.5. The quantitative estimate of drug-likeness (QED) is 0.805. The zero-order valence-electron chi connectivity index (χ0n) is 12.8. The van der Waals surface area contributed by atoms with Crippen LogP contribution < -0.4 is 4.90 Å². The molecule has 4 rings (SSSR count). The Labute approximate surface area is 141 Å². The summed E-state index contributed by atoms with van der Waals surface area (Å²) in [6.07, 6.45) is 5.97. The van der Waals surface area contributed by atoms with Crippen LogP contribution in [0.15, 0.2) is 66.7 Å². The number of hydrogen-bond acceptors (Lipinski definition) is 2. The van der Waals surface area contributed by atoms with Gasteiger partial charge in [-0.3, -0.25) is 4.79 Å². The number of hydrogen-bond donors (Lipinski definition) is 0. The Balaban J connectivity index is 1.79. The van der Waals surface area contributed by atoms with Crippen LogP contribution in [0.2, 0.25) is 5.02 Å². The second kappa shape index (κ2) is 5.54. The molecule has 23 heavy (non-hydrogen) atoms. The predicted octanol–water partition coefficient (Wildman–Crippen LogP) is 4.60. The molecular weight excluding hydrogens is 306 g/mol. The van der Waals surface area contributed by atoms with E-state index in [1.54, 1.807) is 6.08 Å². The van der Waals surface area contributed by atoms with E-state index in [-0.39, 0.29) is 17.2 Å². The maximum atomic E-state index is 12.6. The zero-order chi connectivity index (χ0) is 15.9. The van der Waals surface area contributed by atoms with Crippen molar-refractivity contribution in [1.29, 1.82) is 0 Å². The topological polar surface area (TPSA) is 20.3 Å². The Morgan fingerprint density at radius 3 is 2.52 bits per heavy atom. The van der Waals surface area contributed by atoms with Crippen molar-refractivity contribution in [3.05, 3.63) is 77.3 Å². The van der Waals surface area contributed by atoms with Crippen LogP contribution in [0.4, 0.5) is 5.69 Å². The number of anilines is 1. The summed E-state index contributed by atoms with van der Waals surface area (Å²) in [5, 5.41) is 0.736. The Kier molecular flexibility index (Phi) is 3.50. The molecule has 1 spiro atoms. The molecule has 2 atom stereocenters. The van der Waals surface area contributed by atoms with Gasteiger partial charge in [-0.1, -0.05) is 48.0 Å². The van der Waals surface area contributed by atoms with Crippen LogP contribution in [-0.4, -0.2) is 17.9 Å². The molecule has 0 radical (unpaired) electrons. The van der Waals surface area contributed by atoms with E-state index in [0.29, 0.717) is 0 Å². The minimum absolute atomic E-state index is 0.123. The molecule has 0 saturated carbocycles. The van der Waals surface area contributed by atoms with Crippen molar-refractivity contribution in [2.45, 2.75) is 24.3 Å². The van der Waals surface area contributed by atoms with Gasteiger partial charge in [-0.05, 0) is 48.7 Å². The van der Waals surface area contributed by atoms with E-state index in [1.165, 1.54) is 0 Å². The van der Waals surface area contributed by atoms with E-state index in [2.05, 4.69) is 23.1 Å². The number of ketones is 1. The van der Waals surface area contributed by atoms with Crippen LogP contribution in [-0.2, 0) is 4.79 Å². The summed E-state index contributed by atoms with van der Waals surface area (Å²) in [5.41, 5.74) is 1.99. The number of carbonyl (C=O) groups excluding carboxylic acids is 1. The third-order valence-electron chi connectivity index (χ3n) is 5.05. The molecule has 0 N–H and O–H groups in total. The third kappa shape index (κ3) is 2.29. The van der Waals surface area contributed by atoms with Gasteiger partial charge in [0.2, 0.25) is 0 Å². The Morgan fingerprint density at radius 1 is 1.04 bits per heavy atom. The second-order valence-electron chi connectivity index (χ2n) is 6.30. The van der Waals surface area contributed by atoms with Crippen LogP contribution in [0.25, 0.3) is 0 Å². The van der Waals surface area contributed by atoms with E-state index in [4.69, 9.17) is 11.6 Å². The SMILES string of the molecule is O=C1C=C[C@@]2(CCCN2c2ccc(Cl)cc2)[C@H]1c1ccccc1. The number of rotatable bonds is 2. The molecule has 3 heteroatoms. The average Bonchev–Trinajstić information content (AvgIpc) is 3.14. The highest BCUT2D eigenvalue weighted by molar-refractivity contribution is 6.30.